The van der Waals surface area contributed by atoms with E-state index < -0.39 is 23.9 Å². The van der Waals surface area contributed by atoms with E-state index in [-0.39, 0.29) is 24.1 Å². The minimum Gasteiger partial charge on any atom is -0.465 e. The number of carbonyl (C=O) groups is 1. The number of furan rings is 1. The molecule has 0 spiro atoms. The molecule has 1 saturated heterocycles. The number of benzene rings is 1. The zero-order valence-corrected chi connectivity index (χ0v) is 14.5. The van der Waals surface area contributed by atoms with Gasteiger partial charge in [0.25, 0.3) is 0 Å². The third kappa shape index (κ3) is 4.68. The lowest BCUT2D eigenvalue weighted by atomic mass is 10.0. The summed E-state index contributed by atoms with van der Waals surface area (Å²) in [5.74, 6) is 1.11. The Morgan fingerprint density at radius 1 is 1.33 bits per heavy atom. The predicted molar refractivity (Wildman–Crippen MR) is 90.3 cm³/mol. The van der Waals surface area contributed by atoms with Crippen molar-refractivity contribution in [3.8, 4) is 0 Å². The van der Waals surface area contributed by atoms with Gasteiger partial charge >= 0.3 is 6.18 Å². The average Bonchev–Trinajstić information content (AvgIpc) is 3.27. The summed E-state index contributed by atoms with van der Waals surface area (Å²) in [6, 6.07) is 7.36. The van der Waals surface area contributed by atoms with Crippen LogP contribution in [0.25, 0.3) is 0 Å². The summed E-state index contributed by atoms with van der Waals surface area (Å²) in [6.45, 7) is 1.63. The fraction of sp³-hybridized carbons (Fsp3) is 0.389. The van der Waals surface area contributed by atoms with Gasteiger partial charge < -0.3 is 14.8 Å². The quantitative estimate of drug-likeness (QED) is 0.637. The highest BCUT2D eigenvalue weighted by Crippen LogP contribution is 2.30. The summed E-state index contributed by atoms with van der Waals surface area (Å²) < 4.78 is 43.8. The molecule has 0 saturated carbocycles. The zero-order valence-electron chi connectivity index (χ0n) is 14.5. The highest BCUT2D eigenvalue weighted by atomic mass is 19.4. The minimum atomic E-state index is -4.49. The van der Waals surface area contributed by atoms with Crippen LogP contribution < -0.4 is 16.2 Å². The number of nitrogens with one attached hydrogen (secondary N) is 3. The van der Waals surface area contributed by atoms with Gasteiger partial charge in [-0.05, 0) is 43.2 Å². The van der Waals surface area contributed by atoms with Crippen molar-refractivity contribution in [1.29, 1.82) is 0 Å². The van der Waals surface area contributed by atoms with Crippen LogP contribution in [0.3, 0.4) is 0 Å². The first kappa shape index (κ1) is 19.4. The lowest BCUT2D eigenvalue weighted by Gasteiger charge is -2.16. The lowest BCUT2D eigenvalue weighted by Crippen LogP contribution is -2.44. The molecule has 27 heavy (non-hydrogen) atoms. The van der Waals surface area contributed by atoms with Crippen LogP contribution in [0.2, 0.25) is 0 Å². The molecule has 1 aliphatic heterocycles. The number of hydrogen-bond donors (Lipinski definition) is 4. The Hall–Kier alpha value is -2.36. The van der Waals surface area contributed by atoms with Crippen LogP contribution in [-0.2, 0) is 11.0 Å². The van der Waals surface area contributed by atoms with E-state index in [4.69, 9.17) is 4.42 Å². The summed E-state index contributed by atoms with van der Waals surface area (Å²) in [5.41, 5.74) is 5.07. The number of aliphatic hydroxyl groups excluding tert-OH is 1. The first-order valence-electron chi connectivity index (χ1n) is 8.44. The number of hydrogen-bond acceptors (Lipinski definition) is 5. The minimum absolute atomic E-state index is 0.0894. The second-order valence-electron chi connectivity index (χ2n) is 6.46. The SMILES string of the molecule is Cc1ccc(C2CC(C(=O)NCC(O)c3cccc(C(F)(F)F)c3)NN2)o1. The van der Waals surface area contributed by atoms with Crippen molar-refractivity contribution < 1.29 is 27.5 Å². The lowest BCUT2D eigenvalue weighted by molar-refractivity contribution is -0.137. The maximum Gasteiger partial charge on any atom is 0.416 e. The van der Waals surface area contributed by atoms with E-state index in [0.717, 1.165) is 17.9 Å². The van der Waals surface area contributed by atoms with E-state index >= 15 is 0 Å². The number of alkyl halides is 3. The molecular formula is C18H20F3N3O3. The molecule has 0 bridgehead atoms. The first-order chi connectivity index (χ1) is 12.7. The molecule has 3 atom stereocenters. The van der Waals surface area contributed by atoms with Crippen LogP contribution in [-0.4, -0.2) is 23.6 Å². The van der Waals surface area contributed by atoms with Crippen LogP contribution in [0.15, 0.2) is 40.8 Å². The first-order valence-corrected chi connectivity index (χ1v) is 8.44. The van der Waals surface area contributed by atoms with Crippen LogP contribution in [0.5, 0.6) is 0 Å². The Morgan fingerprint density at radius 2 is 2.11 bits per heavy atom. The maximum atomic E-state index is 12.8. The van der Waals surface area contributed by atoms with E-state index in [1.807, 2.05) is 19.1 Å². The fourth-order valence-electron chi connectivity index (χ4n) is 2.92. The molecule has 6 nitrogen and oxygen atoms in total. The van der Waals surface area contributed by atoms with Crippen molar-refractivity contribution in [1.82, 2.24) is 16.2 Å². The third-order valence-corrected chi connectivity index (χ3v) is 4.39. The summed E-state index contributed by atoms with van der Waals surface area (Å²) in [5, 5.41) is 12.7. The van der Waals surface area contributed by atoms with Crippen LogP contribution in [0.4, 0.5) is 13.2 Å². The van der Waals surface area contributed by atoms with Crippen molar-refractivity contribution in [2.24, 2.45) is 0 Å². The van der Waals surface area contributed by atoms with Gasteiger partial charge in [-0.1, -0.05) is 12.1 Å². The largest absolute Gasteiger partial charge is 0.465 e. The normalized spacial score (nSPS) is 21.2. The van der Waals surface area contributed by atoms with Crippen molar-refractivity contribution in [3.05, 3.63) is 59.0 Å². The molecule has 2 aromatic rings. The van der Waals surface area contributed by atoms with Gasteiger partial charge in [0.2, 0.25) is 5.91 Å². The van der Waals surface area contributed by atoms with Crippen LogP contribution in [0, 0.1) is 6.92 Å². The van der Waals surface area contributed by atoms with E-state index in [1.165, 1.54) is 12.1 Å². The van der Waals surface area contributed by atoms with Crippen molar-refractivity contribution in [3.63, 3.8) is 0 Å². The molecule has 146 valence electrons. The number of rotatable bonds is 5. The Kier molecular flexibility index (Phi) is 5.54. The van der Waals surface area contributed by atoms with E-state index in [2.05, 4.69) is 16.2 Å². The fourth-order valence-corrected chi connectivity index (χ4v) is 2.92. The highest BCUT2D eigenvalue weighted by molar-refractivity contribution is 5.82. The molecule has 9 heteroatoms. The highest BCUT2D eigenvalue weighted by Gasteiger charge is 2.33. The van der Waals surface area contributed by atoms with E-state index in [9.17, 15) is 23.1 Å². The molecule has 1 aliphatic rings. The molecule has 4 N–H and O–H groups in total. The monoisotopic (exact) mass is 383 g/mol. The van der Waals surface area contributed by atoms with Crippen LogP contribution in [0.1, 0.15) is 41.2 Å². The standard InChI is InChI=1S/C18H20F3N3O3/c1-10-5-6-16(27-10)13-8-14(24-23-13)17(26)22-9-15(25)11-3-2-4-12(7-11)18(19,20)21/h2-7,13-15,23-25H,8-9H2,1H3,(H,22,26). The number of aryl methyl sites for hydroxylation is 1. The predicted octanol–water partition coefficient (Wildman–Crippen LogP) is 2.36. The number of hydrazine groups is 1. The summed E-state index contributed by atoms with van der Waals surface area (Å²) in [7, 11) is 0. The Balaban J connectivity index is 1.53. The second kappa shape index (κ2) is 7.71. The number of amides is 1. The molecule has 0 aliphatic carbocycles. The van der Waals surface area contributed by atoms with Crippen molar-refractivity contribution in [2.75, 3.05) is 6.54 Å². The Morgan fingerprint density at radius 3 is 2.78 bits per heavy atom. The van der Waals surface area contributed by atoms with Gasteiger partial charge in [0.05, 0.1) is 17.7 Å². The van der Waals surface area contributed by atoms with Gasteiger partial charge in [-0.15, -0.1) is 0 Å². The van der Waals surface area contributed by atoms with E-state index in [0.29, 0.717) is 12.2 Å². The summed E-state index contributed by atoms with van der Waals surface area (Å²) >= 11 is 0. The molecule has 3 rings (SSSR count). The van der Waals surface area contributed by atoms with Gasteiger partial charge in [-0.2, -0.15) is 13.2 Å². The molecule has 3 unspecified atom stereocenters. The van der Waals surface area contributed by atoms with Gasteiger partial charge in [0.15, 0.2) is 0 Å². The topological polar surface area (TPSA) is 86.5 Å². The third-order valence-electron chi connectivity index (χ3n) is 4.39. The molecular weight excluding hydrogens is 363 g/mol. The number of carbonyl (C=O) groups excluding carboxylic acids is 1. The van der Waals surface area contributed by atoms with Gasteiger partial charge in [0, 0.05) is 6.54 Å². The Bertz CT molecular complexity index is 806. The van der Waals surface area contributed by atoms with E-state index in [1.54, 1.807) is 0 Å². The number of halogens is 3. The smallest absolute Gasteiger partial charge is 0.416 e. The van der Waals surface area contributed by atoms with Gasteiger partial charge in [-0.25, -0.2) is 10.9 Å². The van der Waals surface area contributed by atoms with Gasteiger partial charge in [-0.3, -0.25) is 4.79 Å². The van der Waals surface area contributed by atoms with Gasteiger partial charge in [0.1, 0.15) is 17.6 Å². The van der Waals surface area contributed by atoms with Crippen molar-refractivity contribution >= 4 is 5.91 Å². The molecule has 1 amide bonds. The Labute approximate surface area is 153 Å². The summed E-state index contributed by atoms with van der Waals surface area (Å²) in [6.07, 6.45) is -5.29. The van der Waals surface area contributed by atoms with Crippen molar-refractivity contribution in [2.45, 2.75) is 37.7 Å². The zero-order chi connectivity index (χ0) is 19.6. The molecule has 1 aromatic heterocycles. The molecule has 0 radical (unpaired) electrons. The average molecular weight is 383 g/mol. The van der Waals surface area contributed by atoms with Crippen LogP contribution >= 0.6 is 0 Å². The summed E-state index contributed by atoms with van der Waals surface area (Å²) in [4.78, 5) is 12.3. The second-order valence-corrected chi connectivity index (χ2v) is 6.46. The maximum absolute atomic E-state index is 12.8. The molecule has 1 fully saturated rings. The molecule has 1 aromatic carbocycles. The molecule has 2 heterocycles. The number of aliphatic hydroxyl groups is 1.